The van der Waals surface area contributed by atoms with Gasteiger partial charge in [0.25, 0.3) is 5.91 Å². The lowest BCUT2D eigenvalue weighted by Gasteiger charge is -2.33. The number of nitrogens with zero attached hydrogens (tertiary/aromatic N) is 2. The van der Waals surface area contributed by atoms with Crippen LogP contribution in [-0.2, 0) is 20.4 Å². The minimum atomic E-state index is -3.44. The largest absolute Gasteiger partial charge is 0.493 e. The fraction of sp³-hybridized carbons (Fsp3) is 0.318. The lowest BCUT2D eigenvalue weighted by atomic mass is 9.84. The van der Waals surface area contributed by atoms with Gasteiger partial charge in [-0.25, -0.2) is 13.2 Å². The van der Waals surface area contributed by atoms with Crippen LogP contribution in [0, 0.1) is 0 Å². The van der Waals surface area contributed by atoms with Gasteiger partial charge in [-0.3, -0.25) is 18.8 Å². The Labute approximate surface area is 186 Å². The number of hydrogen-bond donors (Lipinski definition) is 1. The van der Waals surface area contributed by atoms with Crippen LogP contribution in [0.5, 0.6) is 5.75 Å². The first-order valence-corrected chi connectivity index (χ1v) is 12.0. The van der Waals surface area contributed by atoms with Gasteiger partial charge in [-0.15, -0.1) is 0 Å². The molecule has 168 valence electrons. The third kappa shape index (κ3) is 3.60. The van der Waals surface area contributed by atoms with Gasteiger partial charge >= 0.3 is 6.03 Å². The molecule has 1 fully saturated rings. The molecule has 32 heavy (non-hydrogen) atoms. The molecule has 2 aliphatic heterocycles. The summed E-state index contributed by atoms with van der Waals surface area (Å²) in [5, 5.41) is 2.76. The van der Waals surface area contributed by atoms with E-state index in [0.717, 1.165) is 11.2 Å². The normalized spacial score (nSPS) is 20.0. The first-order chi connectivity index (χ1) is 15.2. The first-order valence-electron chi connectivity index (χ1n) is 10.1. The van der Waals surface area contributed by atoms with Crippen LogP contribution in [0.15, 0.2) is 48.5 Å². The smallest absolute Gasteiger partial charge is 0.325 e. The van der Waals surface area contributed by atoms with Crippen molar-refractivity contribution >= 4 is 33.4 Å². The highest BCUT2D eigenvalue weighted by Crippen LogP contribution is 2.41. The van der Waals surface area contributed by atoms with Gasteiger partial charge in [0.15, 0.2) is 11.3 Å². The zero-order valence-corrected chi connectivity index (χ0v) is 18.5. The SMILES string of the molecule is CCN(c1ccc(C(=O)CN2C(=O)N[C@@]3(CCOc4ccccc43)C2=O)cc1)S(C)(=O)=O. The number of ether oxygens (including phenoxy) is 1. The molecule has 0 unspecified atom stereocenters. The average molecular weight is 458 g/mol. The van der Waals surface area contributed by atoms with Crippen LogP contribution in [0.4, 0.5) is 10.5 Å². The van der Waals surface area contributed by atoms with Crippen LogP contribution in [0.3, 0.4) is 0 Å². The summed E-state index contributed by atoms with van der Waals surface area (Å²) in [7, 11) is -3.44. The van der Waals surface area contributed by atoms with E-state index in [1.54, 1.807) is 31.2 Å². The number of anilines is 1. The first kappa shape index (κ1) is 21.8. The third-order valence-electron chi connectivity index (χ3n) is 5.72. The molecular formula is C22H23N3O6S. The van der Waals surface area contributed by atoms with Crippen molar-refractivity contribution < 1.29 is 27.5 Å². The van der Waals surface area contributed by atoms with Crippen molar-refractivity contribution in [2.75, 3.05) is 30.3 Å². The van der Waals surface area contributed by atoms with Gasteiger partial charge in [0.05, 0.1) is 25.1 Å². The van der Waals surface area contributed by atoms with Crippen molar-refractivity contribution in [2.24, 2.45) is 0 Å². The van der Waals surface area contributed by atoms with Crippen molar-refractivity contribution in [1.82, 2.24) is 10.2 Å². The summed E-state index contributed by atoms with van der Waals surface area (Å²) in [5.41, 5.74) is 0.0311. The van der Waals surface area contributed by atoms with Crippen LogP contribution in [0.1, 0.15) is 29.3 Å². The molecule has 3 amide bonds. The van der Waals surface area contributed by atoms with E-state index in [1.807, 2.05) is 0 Å². The number of fused-ring (bicyclic) bond motifs is 2. The molecule has 10 heteroatoms. The van der Waals surface area contributed by atoms with Crippen molar-refractivity contribution in [3.05, 3.63) is 59.7 Å². The van der Waals surface area contributed by atoms with E-state index in [4.69, 9.17) is 4.74 Å². The summed E-state index contributed by atoms with van der Waals surface area (Å²) >= 11 is 0. The monoisotopic (exact) mass is 457 g/mol. The van der Waals surface area contributed by atoms with E-state index in [0.29, 0.717) is 17.0 Å². The summed E-state index contributed by atoms with van der Waals surface area (Å²) in [4.78, 5) is 39.7. The molecule has 2 aliphatic rings. The molecule has 4 rings (SSSR count). The van der Waals surface area contributed by atoms with Gasteiger partial charge in [-0.1, -0.05) is 18.2 Å². The molecule has 0 aromatic heterocycles. The summed E-state index contributed by atoms with van der Waals surface area (Å²) < 4.78 is 30.6. The van der Waals surface area contributed by atoms with Gasteiger partial charge in [0.2, 0.25) is 10.0 Å². The Bertz CT molecular complexity index is 1190. The number of Topliss-reactive ketones (excluding diaryl/α,β-unsaturated/α-hetero) is 1. The third-order valence-corrected chi connectivity index (χ3v) is 6.99. The molecular weight excluding hydrogens is 434 g/mol. The molecule has 9 nitrogen and oxygen atoms in total. The summed E-state index contributed by atoms with van der Waals surface area (Å²) in [6, 6.07) is 12.4. The summed E-state index contributed by atoms with van der Waals surface area (Å²) in [6.07, 6.45) is 1.38. The van der Waals surface area contributed by atoms with Gasteiger partial charge in [0.1, 0.15) is 5.75 Å². The summed E-state index contributed by atoms with van der Waals surface area (Å²) in [5.74, 6) is -0.389. The average Bonchev–Trinajstić information content (AvgIpc) is 2.99. The molecule has 1 spiro atoms. The minimum Gasteiger partial charge on any atom is -0.493 e. The number of ketones is 1. The molecule has 2 aromatic carbocycles. The number of amides is 3. The van der Waals surface area contributed by atoms with Crippen molar-refractivity contribution in [1.29, 1.82) is 0 Å². The van der Waals surface area contributed by atoms with E-state index in [-0.39, 0.29) is 25.1 Å². The lowest BCUT2D eigenvalue weighted by molar-refractivity contribution is -0.132. The van der Waals surface area contributed by atoms with Crippen LogP contribution in [0.2, 0.25) is 0 Å². The van der Waals surface area contributed by atoms with Gasteiger partial charge in [-0.05, 0) is 37.3 Å². The van der Waals surface area contributed by atoms with Crippen molar-refractivity contribution in [2.45, 2.75) is 18.9 Å². The Balaban J connectivity index is 1.55. The minimum absolute atomic E-state index is 0.252. The van der Waals surface area contributed by atoms with Gasteiger partial charge in [0, 0.05) is 24.1 Å². The molecule has 2 aromatic rings. The zero-order chi connectivity index (χ0) is 23.1. The van der Waals surface area contributed by atoms with Crippen LogP contribution in [-0.4, -0.2) is 57.0 Å². The number of rotatable bonds is 6. The number of hydrogen-bond acceptors (Lipinski definition) is 6. The molecule has 2 heterocycles. The number of imide groups is 1. The van der Waals surface area contributed by atoms with E-state index in [1.165, 1.54) is 28.6 Å². The molecule has 0 radical (unpaired) electrons. The maximum Gasteiger partial charge on any atom is 0.325 e. The Morgan fingerprint density at radius 2 is 1.84 bits per heavy atom. The fourth-order valence-electron chi connectivity index (χ4n) is 4.17. The number of carbonyl (C=O) groups excluding carboxylic acids is 3. The number of urea groups is 1. The predicted octanol–water partition coefficient (Wildman–Crippen LogP) is 1.89. The Hall–Kier alpha value is -3.40. The highest BCUT2D eigenvalue weighted by molar-refractivity contribution is 7.92. The van der Waals surface area contributed by atoms with Crippen molar-refractivity contribution in [3.63, 3.8) is 0 Å². The predicted molar refractivity (Wildman–Crippen MR) is 117 cm³/mol. The van der Waals surface area contributed by atoms with E-state index >= 15 is 0 Å². The van der Waals surface area contributed by atoms with Crippen LogP contribution >= 0.6 is 0 Å². The van der Waals surface area contributed by atoms with Gasteiger partial charge < -0.3 is 10.1 Å². The lowest BCUT2D eigenvalue weighted by Crippen LogP contribution is -2.47. The zero-order valence-electron chi connectivity index (χ0n) is 17.7. The second kappa shape index (κ2) is 7.94. The fourth-order valence-corrected chi connectivity index (χ4v) is 5.15. The van der Waals surface area contributed by atoms with E-state index < -0.39 is 39.8 Å². The second-order valence-corrected chi connectivity index (χ2v) is 9.63. The molecule has 1 saturated heterocycles. The summed E-state index contributed by atoms with van der Waals surface area (Å²) in [6.45, 7) is 1.81. The highest BCUT2D eigenvalue weighted by atomic mass is 32.2. The van der Waals surface area contributed by atoms with Gasteiger partial charge in [-0.2, -0.15) is 0 Å². The number of carbonyl (C=O) groups is 3. The molecule has 1 atom stereocenters. The van der Waals surface area contributed by atoms with E-state index in [2.05, 4.69) is 5.32 Å². The highest BCUT2D eigenvalue weighted by Gasteiger charge is 2.55. The topological polar surface area (TPSA) is 113 Å². The van der Waals surface area contributed by atoms with E-state index in [9.17, 15) is 22.8 Å². The Morgan fingerprint density at radius 3 is 2.50 bits per heavy atom. The number of benzene rings is 2. The van der Waals surface area contributed by atoms with Crippen LogP contribution in [0.25, 0.3) is 0 Å². The number of sulfonamides is 1. The number of nitrogens with one attached hydrogen (secondary N) is 1. The standard InChI is InChI=1S/C22H23N3O6S/c1-3-25(32(2,29)30)16-10-8-15(9-11-16)18(26)14-24-20(27)22(23-21(24)28)12-13-31-19-7-5-4-6-17(19)22/h4-11H,3,12-14H2,1-2H3,(H,23,28)/t22-/m1/s1. The maximum atomic E-state index is 13.3. The molecule has 0 saturated carbocycles. The maximum absolute atomic E-state index is 13.3. The Morgan fingerprint density at radius 1 is 1.16 bits per heavy atom. The second-order valence-electron chi connectivity index (χ2n) is 7.72. The quantitative estimate of drug-likeness (QED) is 0.524. The molecule has 0 bridgehead atoms. The van der Waals surface area contributed by atoms with Crippen LogP contribution < -0.4 is 14.4 Å². The van der Waals surface area contributed by atoms with Crippen molar-refractivity contribution in [3.8, 4) is 5.75 Å². The molecule has 1 N–H and O–H groups in total. The Kier molecular flexibility index (Phi) is 5.41. The molecule has 0 aliphatic carbocycles. The number of para-hydroxylation sites is 1.